The number of nitrogens with one attached hydrogen (secondary N) is 1. The maximum Gasteiger partial charge on any atom is 0.266 e. The van der Waals surface area contributed by atoms with Crippen LogP contribution in [0.25, 0.3) is 0 Å². The van der Waals surface area contributed by atoms with Crippen molar-refractivity contribution in [2.24, 2.45) is 0 Å². The lowest BCUT2D eigenvalue weighted by molar-refractivity contribution is 0.0769. The van der Waals surface area contributed by atoms with E-state index in [-0.39, 0.29) is 28.5 Å². The molecule has 0 radical (unpaired) electrons. The molecule has 3 heterocycles. The fourth-order valence-electron chi connectivity index (χ4n) is 2.65. The summed E-state index contributed by atoms with van der Waals surface area (Å²) in [6, 6.07) is 1.33. The summed E-state index contributed by atoms with van der Waals surface area (Å²) in [6.07, 6.45) is 3.21. The molecule has 2 aromatic rings. The highest BCUT2D eigenvalue weighted by Gasteiger charge is 2.30. The Balaban J connectivity index is 1.68. The van der Waals surface area contributed by atoms with Gasteiger partial charge in [0.05, 0.1) is 17.8 Å². The van der Waals surface area contributed by atoms with Gasteiger partial charge in [-0.1, -0.05) is 18.5 Å². The molecule has 1 N–H and O–H groups in total. The van der Waals surface area contributed by atoms with Crippen molar-refractivity contribution in [1.82, 2.24) is 19.9 Å². The summed E-state index contributed by atoms with van der Waals surface area (Å²) in [7, 11) is 0. The number of halogens is 2. The van der Waals surface area contributed by atoms with Crippen LogP contribution in [0, 0.1) is 5.82 Å². The number of rotatable bonds is 4. The number of carbonyl (C=O) groups is 1. The van der Waals surface area contributed by atoms with Crippen molar-refractivity contribution < 1.29 is 13.9 Å². The summed E-state index contributed by atoms with van der Waals surface area (Å²) in [5, 5.41) is -0.0481. The zero-order valence-corrected chi connectivity index (χ0v) is 14.2. The van der Waals surface area contributed by atoms with Crippen molar-refractivity contribution in [2.75, 3.05) is 13.1 Å². The minimum atomic E-state index is -0.567. The number of aromatic amines is 1. The lowest BCUT2D eigenvalue weighted by atomic mass is 10.2. The van der Waals surface area contributed by atoms with Gasteiger partial charge in [0.1, 0.15) is 17.5 Å². The number of hydrogen-bond acceptors (Lipinski definition) is 5. The van der Waals surface area contributed by atoms with E-state index in [4.69, 9.17) is 16.3 Å². The normalized spacial score (nSPS) is 16.9. The van der Waals surface area contributed by atoms with Crippen molar-refractivity contribution in [3.8, 4) is 5.88 Å². The van der Waals surface area contributed by atoms with E-state index in [1.165, 1.54) is 18.6 Å². The van der Waals surface area contributed by atoms with Crippen molar-refractivity contribution in [3.05, 3.63) is 51.0 Å². The molecule has 1 amide bonds. The molecular weight excluding hydrogens is 351 g/mol. The summed E-state index contributed by atoms with van der Waals surface area (Å²) >= 11 is 5.75. The van der Waals surface area contributed by atoms with Gasteiger partial charge in [-0.05, 0) is 12.5 Å². The zero-order chi connectivity index (χ0) is 18.0. The first-order valence-corrected chi connectivity index (χ1v) is 8.21. The lowest BCUT2D eigenvalue weighted by Crippen LogP contribution is -2.31. The molecule has 9 heteroatoms. The maximum absolute atomic E-state index is 14.2. The quantitative estimate of drug-likeness (QED) is 0.891. The minimum absolute atomic E-state index is 0.0481. The first-order chi connectivity index (χ1) is 12.0. The molecule has 3 rings (SSSR count). The number of pyridine rings is 1. The first-order valence-electron chi connectivity index (χ1n) is 7.83. The van der Waals surface area contributed by atoms with Gasteiger partial charge in [-0.2, -0.15) is 9.37 Å². The molecule has 25 heavy (non-hydrogen) atoms. The molecule has 1 atom stereocenters. The average molecular weight is 367 g/mol. The van der Waals surface area contributed by atoms with Crippen LogP contribution in [0.5, 0.6) is 5.88 Å². The number of nitrogens with zero attached hydrogens (tertiary/aromatic N) is 3. The van der Waals surface area contributed by atoms with E-state index >= 15 is 0 Å². The Hall–Kier alpha value is -2.48. The Morgan fingerprint density at radius 2 is 2.32 bits per heavy atom. The molecule has 1 aliphatic rings. The second kappa shape index (κ2) is 7.18. The number of hydrogen-bond donors (Lipinski definition) is 1. The van der Waals surface area contributed by atoms with Gasteiger partial charge >= 0.3 is 0 Å². The van der Waals surface area contributed by atoms with Crippen LogP contribution in [0.3, 0.4) is 0 Å². The maximum atomic E-state index is 14.2. The third kappa shape index (κ3) is 3.63. The van der Waals surface area contributed by atoms with Gasteiger partial charge in [0, 0.05) is 19.2 Å². The van der Waals surface area contributed by atoms with Crippen LogP contribution in [0.15, 0.2) is 23.4 Å². The lowest BCUT2D eigenvalue weighted by Gasteiger charge is -2.17. The molecule has 1 fully saturated rings. The third-order valence-electron chi connectivity index (χ3n) is 3.98. The molecule has 0 unspecified atom stereocenters. The summed E-state index contributed by atoms with van der Waals surface area (Å²) < 4.78 is 19.8. The van der Waals surface area contributed by atoms with Crippen LogP contribution in [0.2, 0.25) is 5.02 Å². The Morgan fingerprint density at radius 3 is 3.04 bits per heavy atom. The molecule has 0 spiro atoms. The van der Waals surface area contributed by atoms with Gasteiger partial charge in [-0.25, -0.2) is 4.98 Å². The molecule has 1 aliphatic heterocycles. The molecule has 132 valence electrons. The minimum Gasteiger partial charge on any atom is -0.470 e. The predicted molar refractivity (Wildman–Crippen MR) is 88.4 cm³/mol. The summed E-state index contributed by atoms with van der Waals surface area (Å²) in [6.45, 7) is 2.54. The van der Waals surface area contributed by atoms with Crippen molar-refractivity contribution >= 4 is 17.5 Å². The van der Waals surface area contributed by atoms with Crippen LogP contribution >= 0.6 is 11.6 Å². The van der Waals surface area contributed by atoms with Crippen molar-refractivity contribution in [3.63, 3.8) is 0 Å². The Labute approximate surface area is 147 Å². The SMILES string of the molecule is CCc1ncnc(O[C@H]2CCN(C(=O)c3c[nH]c(=O)c(Cl)c3)C2)c1F. The summed E-state index contributed by atoms with van der Waals surface area (Å²) in [4.78, 5) is 35.4. The largest absolute Gasteiger partial charge is 0.470 e. The van der Waals surface area contributed by atoms with Crippen molar-refractivity contribution in [1.29, 1.82) is 0 Å². The van der Waals surface area contributed by atoms with E-state index in [0.717, 1.165) is 0 Å². The standard InChI is InChI=1S/C16H16ClFN4O3/c1-2-12-13(18)15(21-8-20-12)25-10-3-4-22(7-10)16(24)9-5-11(17)14(23)19-6-9/h5-6,8,10H,2-4,7H2,1H3,(H,19,23)/t10-/m0/s1. The van der Waals surface area contributed by atoms with Crippen LogP contribution in [-0.2, 0) is 6.42 Å². The van der Waals surface area contributed by atoms with Crippen LogP contribution < -0.4 is 10.3 Å². The highest BCUT2D eigenvalue weighted by molar-refractivity contribution is 6.30. The molecule has 2 aromatic heterocycles. The topological polar surface area (TPSA) is 88.2 Å². The van der Waals surface area contributed by atoms with E-state index in [1.54, 1.807) is 11.8 Å². The van der Waals surface area contributed by atoms with Gasteiger partial charge in [0.2, 0.25) is 5.82 Å². The Bertz CT molecular complexity index is 858. The number of H-pyrrole nitrogens is 1. The smallest absolute Gasteiger partial charge is 0.266 e. The highest BCUT2D eigenvalue weighted by Crippen LogP contribution is 2.22. The van der Waals surface area contributed by atoms with E-state index in [2.05, 4.69) is 15.0 Å². The van der Waals surface area contributed by atoms with Crippen molar-refractivity contribution in [2.45, 2.75) is 25.9 Å². The Morgan fingerprint density at radius 1 is 1.52 bits per heavy atom. The molecule has 0 bridgehead atoms. The number of aromatic nitrogens is 3. The number of carbonyl (C=O) groups excluding carboxylic acids is 1. The van der Waals surface area contributed by atoms with E-state index in [1.807, 2.05) is 0 Å². The van der Waals surface area contributed by atoms with Crippen LogP contribution in [-0.4, -0.2) is 45.0 Å². The van der Waals surface area contributed by atoms with Gasteiger partial charge in [0.25, 0.3) is 17.3 Å². The van der Waals surface area contributed by atoms with E-state index < -0.39 is 11.4 Å². The fourth-order valence-corrected chi connectivity index (χ4v) is 2.82. The van der Waals surface area contributed by atoms with Crippen LogP contribution in [0.1, 0.15) is 29.4 Å². The Kier molecular flexibility index (Phi) is 4.98. The third-order valence-corrected chi connectivity index (χ3v) is 4.26. The number of aryl methyl sites for hydroxylation is 1. The monoisotopic (exact) mass is 366 g/mol. The molecule has 0 aromatic carbocycles. The molecule has 0 saturated carbocycles. The van der Waals surface area contributed by atoms with Gasteiger partial charge in [0.15, 0.2) is 0 Å². The number of amides is 1. The van der Waals surface area contributed by atoms with Gasteiger partial charge < -0.3 is 14.6 Å². The zero-order valence-electron chi connectivity index (χ0n) is 13.5. The predicted octanol–water partition coefficient (Wildman–Crippen LogP) is 1.81. The average Bonchev–Trinajstić information content (AvgIpc) is 3.07. The summed E-state index contributed by atoms with van der Waals surface area (Å²) in [5.41, 5.74) is 0.123. The number of likely N-dealkylation sites (tertiary alicyclic amines) is 1. The second-order valence-corrected chi connectivity index (χ2v) is 6.05. The van der Waals surface area contributed by atoms with Crippen LogP contribution in [0.4, 0.5) is 4.39 Å². The summed E-state index contributed by atoms with van der Waals surface area (Å²) in [5.74, 6) is -0.943. The molecular formula is C16H16ClFN4O3. The van der Waals surface area contributed by atoms with Gasteiger partial charge in [-0.15, -0.1) is 0 Å². The first kappa shape index (κ1) is 17.3. The van der Waals surface area contributed by atoms with Gasteiger partial charge in [-0.3, -0.25) is 9.59 Å². The highest BCUT2D eigenvalue weighted by atomic mass is 35.5. The fraction of sp³-hybridized carbons (Fsp3) is 0.375. The number of ether oxygens (including phenoxy) is 1. The van der Waals surface area contributed by atoms with E-state index in [9.17, 15) is 14.0 Å². The molecule has 7 nitrogen and oxygen atoms in total. The molecule has 1 saturated heterocycles. The second-order valence-electron chi connectivity index (χ2n) is 5.64. The van der Waals surface area contributed by atoms with E-state index in [0.29, 0.717) is 31.6 Å². The molecule has 0 aliphatic carbocycles.